The van der Waals surface area contributed by atoms with Crippen LogP contribution in [0.1, 0.15) is 53.7 Å². The fourth-order valence-corrected chi connectivity index (χ4v) is 4.36. The van der Waals surface area contributed by atoms with E-state index in [-0.39, 0.29) is 11.8 Å². The molecule has 2 aromatic rings. The summed E-state index contributed by atoms with van der Waals surface area (Å²) in [6, 6.07) is 4.05. The van der Waals surface area contributed by atoms with Crippen molar-refractivity contribution in [3.8, 4) is 0 Å². The van der Waals surface area contributed by atoms with Crippen LogP contribution in [0.15, 0.2) is 29.3 Å². The number of anilines is 1. The number of fused-ring (bicyclic) bond motifs is 1. The van der Waals surface area contributed by atoms with Crippen LogP contribution in [-0.4, -0.2) is 61.9 Å². The Balaban J connectivity index is 1.70. The average Bonchev–Trinajstić information content (AvgIpc) is 2.83. The molecule has 1 aliphatic carbocycles. The van der Waals surface area contributed by atoms with E-state index in [4.69, 9.17) is 14.7 Å². The Morgan fingerprint density at radius 3 is 2.73 bits per heavy atom. The van der Waals surface area contributed by atoms with Gasteiger partial charge in [0.2, 0.25) is 0 Å². The van der Waals surface area contributed by atoms with Crippen LogP contribution in [0.2, 0.25) is 0 Å². The molecule has 1 aliphatic heterocycles. The molecule has 2 unspecified atom stereocenters. The van der Waals surface area contributed by atoms with Crippen molar-refractivity contribution >= 4 is 17.8 Å². The average molecular weight is 456 g/mol. The molecule has 0 saturated carbocycles. The summed E-state index contributed by atoms with van der Waals surface area (Å²) >= 11 is 0. The number of rotatable bonds is 8. The van der Waals surface area contributed by atoms with Crippen molar-refractivity contribution in [3.05, 3.63) is 58.6 Å². The predicted molar refractivity (Wildman–Crippen MR) is 127 cm³/mol. The third kappa shape index (κ3) is 5.38. The molecule has 1 aromatic carbocycles. The van der Waals surface area contributed by atoms with Gasteiger partial charge in [-0.25, -0.2) is 18.7 Å². The fourth-order valence-electron chi connectivity index (χ4n) is 4.36. The minimum Gasteiger partial charge on any atom is -0.495 e. The zero-order chi connectivity index (χ0) is 23.4. The molecule has 2 heterocycles. The number of ether oxygens (including phenoxy) is 1. The largest absolute Gasteiger partial charge is 0.495 e. The molecule has 6 nitrogen and oxygen atoms in total. The number of benzene rings is 1. The summed E-state index contributed by atoms with van der Waals surface area (Å²) in [5, 5.41) is 3.51. The second-order valence-electron chi connectivity index (χ2n) is 8.88. The van der Waals surface area contributed by atoms with Gasteiger partial charge in [0.15, 0.2) is 11.6 Å². The lowest BCUT2D eigenvalue weighted by molar-refractivity contribution is 0.362. The first-order valence-electron chi connectivity index (χ1n) is 11.4. The van der Waals surface area contributed by atoms with Crippen molar-refractivity contribution in [3.63, 3.8) is 0 Å². The van der Waals surface area contributed by atoms with E-state index < -0.39 is 11.6 Å². The lowest BCUT2D eigenvalue weighted by atomic mass is 9.86. The van der Waals surface area contributed by atoms with E-state index in [9.17, 15) is 8.78 Å². The molecule has 33 heavy (non-hydrogen) atoms. The number of nitrogens with zero attached hydrogens (tertiary/aromatic N) is 4. The van der Waals surface area contributed by atoms with Gasteiger partial charge >= 0.3 is 0 Å². The van der Waals surface area contributed by atoms with Gasteiger partial charge in [0.1, 0.15) is 23.1 Å². The van der Waals surface area contributed by atoms with Gasteiger partial charge in [-0.2, -0.15) is 0 Å². The van der Waals surface area contributed by atoms with E-state index in [1.165, 1.54) is 12.1 Å². The van der Waals surface area contributed by atoms with Gasteiger partial charge in [-0.05, 0) is 76.3 Å². The Bertz CT molecular complexity index is 1050. The Labute approximate surface area is 193 Å². The van der Waals surface area contributed by atoms with Crippen LogP contribution in [0, 0.1) is 11.6 Å². The summed E-state index contributed by atoms with van der Waals surface area (Å²) in [6.45, 7) is 2.42. The zero-order valence-corrected chi connectivity index (χ0v) is 19.4. The lowest BCUT2D eigenvalue weighted by Crippen LogP contribution is -2.22. The predicted octanol–water partition coefficient (Wildman–Crippen LogP) is 4.39. The summed E-state index contributed by atoms with van der Waals surface area (Å²) in [4.78, 5) is 16.4. The van der Waals surface area contributed by atoms with Crippen LogP contribution in [-0.2, 0) is 11.2 Å². The van der Waals surface area contributed by atoms with Gasteiger partial charge in [-0.1, -0.05) is 6.07 Å². The number of allylic oxidation sites excluding steroid dienone is 1. The summed E-state index contributed by atoms with van der Waals surface area (Å²) in [5.74, 6) is 0.497. The highest BCUT2D eigenvalue weighted by Gasteiger charge is 2.29. The molecule has 2 atom stereocenters. The number of aromatic nitrogens is 2. The first-order chi connectivity index (χ1) is 16.0. The van der Waals surface area contributed by atoms with Crippen molar-refractivity contribution in [1.82, 2.24) is 14.9 Å². The van der Waals surface area contributed by atoms with E-state index in [0.29, 0.717) is 24.3 Å². The van der Waals surface area contributed by atoms with Gasteiger partial charge in [-0.3, -0.25) is 4.99 Å². The maximum absolute atomic E-state index is 13.9. The van der Waals surface area contributed by atoms with E-state index in [1.807, 2.05) is 12.3 Å². The van der Waals surface area contributed by atoms with Crippen LogP contribution < -0.4 is 5.32 Å². The number of halogens is 2. The van der Waals surface area contributed by atoms with Gasteiger partial charge in [0.05, 0.1) is 7.11 Å². The summed E-state index contributed by atoms with van der Waals surface area (Å²) in [5.41, 5.74) is 2.40. The Kier molecular flexibility index (Phi) is 7.33. The van der Waals surface area contributed by atoms with Crippen LogP contribution in [0.4, 0.5) is 14.6 Å². The monoisotopic (exact) mass is 455 g/mol. The molecular weight excluding hydrogens is 424 g/mol. The molecular formula is C25H31F2N5O. The Morgan fingerprint density at radius 2 is 2.03 bits per heavy atom. The van der Waals surface area contributed by atoms with Crippen LogP contribution >= 0.6 is 0 Å². The first kappa shape index (κ1) is 23.3. The standard InChI is InChI=1S/C25H31F2N5O/c1-32(2)11-5-10-29-25-19-12-18(16-7-8-20(26)21(27)13-16)14-22(33-3)23(19)30-24(31-25)17-6-4-9-28-15-17/h7-9,13-14,17-18H,4-6,10-12,15H2,1-3H3,(H,29,30,31). The second kappa shape index (κ2) is 10.4. The topological polar surface area (TPSA) is 62.6 Å². The SMILES string of the molecule is COC1=CC(c2ccc(F)c(F)c2)Cc2c(NCCCN(C)C)nc(C3CCC=NC3)nc21. The van der Waals surface area contributed by atoms with Gasteiger partial charge < -0.3 is 15.0 Å². The third-order valence-electron chi connectivity index (χ3n) is 6.16. The number of hydrogen-bond donors (Lipinski definition) is 1. The van der Waals surface area contributed by atoms with Crippen molar-refractivity contribution < 1.29 is 13.5 Å². The third-order valence-corrected chi connectivity index (χ3v) is 6.16. The molecule has 0 fully saturated rings. The van der Waals surface area contributed by atoms with Crippen LogP contribution in [0.25, 0.3) is 5.76 Å². The minimum atomic E-state index is -0.850. The van der Waals surface area contributed by atoms with E-state index in [2.05, 4.69) is 29.3 Å². The number of aliphatic imine (C=N–C) groups is 1. The van der Waals surface area contributed by atoms with Crippen molar-refractivity contribution in [2.75, 3.05) is 46.2 Å². The van der Waals surface area contributed by atoms with E-state index in [0.717, 1.165) is 55.3 Å². The molecule has 0 bridgehead atoms. The molecule has 176 valence electrons. The number of nitrogens with one attached hydrogen (secondary N) is 1. The highest BCUT2D eigenvalue weighted by atomic mass is 19.2. The zero-order valence-electron chi connectivity index (χ0n) is 19.4. The molecule has 0 amide bonds. The second-order valence-corrected chi connectivity index (χ2v) is 8.88. The molecule has 0 spiro atoms. The highest BCUT2D eigenvalue weighted by molar-refractivity contribution is 5.69. The Hall–Kier alpha value is -2.87. The van der Waals surface area contributed by atoms with Crippen molar-refractivity contribution in [1.29, 1.82) is 0 Å². The van der Waals surface area contributed by atoms with Gasteiger partial charge in [-0.15, -0.1) is 0 Å². The summed E-state index contributed by atoms with van der Waals surface area (Å²) in [7, 11) is 5.72. The molecule has 1 aromatic heterocycles. The molecule has 0 radical (unpaired) electrons. The smallest absolute Gasteiger partial charge is 0.159 e. The van der Waals surface area contributed by atoms with E-state index in [1.54, 1.807) is 13.2 Å². The normalized spacial score (nSPS) is 19.9. The van der Waals surface area contributed by atoms with Crippen LogP contribution in [0.5, 0.6) is 0 Å². The minimum absolute atomic E-state index is 0.168. The van der Waals surface area contributed by atoms with Crippen molar-refractivity contribution in [2.45, 2.75) is 37.5 Å². The molecule has 1 N–H and O–H groups in total. The number of methoxy groups -OCH3 is 1. The quantitative estimate of drug-likeness (QED) is 0.598. The molecule has 0 saturated heterocycles. The van der Waals surface area contributed by atoms with E-state index >= 15 is 0 Å². The van der Waals surface area contributed by atoms with Crippen molar-refractivity contribution in [2.24, 2.45) is 4.99 Å². The van der Waals surface area contributed by atoms with Gasteiger partial charge in [0.25, 0.3) is 0 Å². The maximum Gasteiger partial charge on any atom is 0.159 e. The molecule has 4 rings (SSSR count). The lowest BCUT2D eigenvalue weighted by Gasteiger charge is -2.27. The highest BCUT2D eigenvalue weighted by Crippen LogP contribution is 2.38. The first-order valence-corrected chi connectivity index (χ1v) is 11.4. The summed E-state index contributed by atoms with van der Waals surface area (Å²) in [6.07, 6.45) is 7.33. The molecule has 2 aliphatic rings. The molecule has 8 heteroatoms. The summed E-state index contributed by atoms with van der Waals surface area (Å²) < 4.78 is 33.2. The fraction of sp³-hybridized carbons (Fsp3) is 0.480. The maximum atomic E-state index is 13.9. The Morgan fingerprint density at radius 1 is 1.18 bits per heavy atom. The number of hydrogen-bond acceptors (Lipinski definition) is 6. The van der Waals surface area contributed by atoms with Gasteiger partial charge in [0, 0.05) is 30.5 Å². The van der Waals surface area contributed by atoms with Crippen LogP contribution in [0.3, 0.4) is 0 Å².